The third kappa shape index (κ3) is 5.58. The summed E-state index contributed by atoms with van der Waals surface area (Å²) in [5, 5.41) is 2.85. The van der Waals surface area contributed by atoms with Crippen LogP contribution in [0.15, 0.2) is 24.3 Å². The molecule has 2 rings (SSSR count). The molecule has 0 radical (unpaired) electrons. The standard InChI is InChI=1S/C17H24FN3O3/c1-24-12-2-7-19-16(22)13-20-8-10-21(11-9-20)17(23)14-3-5-15(18)6-4-14/h3-6H,2,7-13H2,1H3,(H,19,22). The highest BCUT2D eigenvalue weighted by atomic mass is 19.1. The molecule has 1 aliphatic heterocycles. The number of amides is 2. The summed E-state index contributed by atoms with van der Waals surface area (Å²) < 4.78 is 17.9. The van der Waals surface area contributed by atoms with E-state index in [1.807, 2.05) is 4.90 Å². The number of rotatable bonds is 7. The summed E-state index contributed by atoms with van der Waals surface area (Å²) in [6, 6.07) is 5.57. The maximum absolute atomic E-state index is 12.9. The molecule has 2 amide bonds. The first-order chi connectivity index (χ1) is 11.6. The predicted octanol–water partition coefficient (Wildman–Crippen LogP) is 0.736. The fraction of sp³-hybridized carbons (Fsp3) is 0.529. The van der Waals surface area contributed by atoms with Crippen LogP contribution in [0.1, 0.15) is 16.8 Å². The Morgan fingerprint density at radius 2 is 1.83 bits per heavy atom. The molecule has 6 nitrogen and oxygen atoms in total. The number of benzene rings is 1. The Hall–Kier alpha value is -1.99. The second kappa shape index (κ2) is 9.34. The van der Waals surface area contributed by atoms with Crippen LogP contribution in [0.4, 0.5) is 4.39 Å². The first-order valence-corrected chi connectivity index (χ1v) is 8.13. The Morgan fingerprint density at radius 1 is 1.17 bits per heavy atom. The van der Waals surface area contributed by atoms with Gasteiger partial charge < -0.3 is 15.0 Å². The number of ether oxygens (including phenoxy) is 1. The van der Waals surface area contributed by atoms with E-state index < -0.39 is 0 Å². The SMILES string of the molecule is COCCCNC(=O)CN1CCN(C(=O)c2ccc(F)cc2)CC1. The van der Waals surface area contributed by atoms with Crippen LogP contribution in [0.3, 0.4) is 0 Å². The molecule has 1 heterocycles. The van der Waals surface area contributed by atoms with Crippen molar-refractivity contribution in [2.45, 2.75) is 6.42 Å². The molecule has 24 heavy (non-hydrogen) atoms. The van der Waals surface area contributed by atoms with E-state index in [4.69, 9.17) is 4.74 Å². The van der Waals surface area contributed by atoms with Gasteiger partial charge >= 0.3 is 0 Å². The quantitative estimate of drug-likeness (QED) is 0.746. The Bertz CT molecular complexity index is 543. The minimum Gasteiger partial charge on any atom is -0.385 e. The Labute approximate surface area is 141 Å². The van der Waals surface area contributed by atoms with Gasteiger partial charge in [0.1, 0.15) is 5.82 Å². The zero-order chi connectivity index (χ0) is 17.4. The lowest BCUT2D eigenvalue weighted by Gasteiger charge is -2.34. The van der Waals surface area contributed by atoms with Gasteiger partial charge in [0.2, 0.25) is 5.91 Å². The van der Waals surface area contributed by atoms with E-state index in [1.165, 1.54) is 24.3 Å². The second-order valence-corrected chi connectivity index (χ2v) is 5.77. The average Bonchev–Trinajstić information content (AvgIpc) is 2.59. The molecular formula is C17H24FN3O3. The van der Waals surface area contributed by atoms with Gasteiger partial charge in [-0.1, -0.05) is 0 Å². The first-order valence-electron chi connectivity index (χ1n) is 8.13. The van der Waals surface area contributed by atoms with Crippen molar-refractivity contribution < 1.29 is 18.7 Å². The van der Waals surface area contributed by atoms with Crippen LogP contribution in [0.25, 0.3) is 0 Å². The van der Waals surface area contributed by atoms with Gasteiger partial charge in [-0.15, -0.1) is 0 Å². The third-order valence-corrected chi connectivity index (χ3v) is 3.97. The fourth-order valence-corrected chi connectivity index (χ4v) is 2.59. The van der Waals surface area contributed by atoms with Crippen LogP contribution in [-0.2, 0) is 9.53 Å². The predicted molar refractivity (Wildman–Crippen MR) is 88.2 cm³/mol. The first kappa shape index (κ1) is 18.4. The van der Waals surface area contributed by atoms with Crippen LogP contribution in [0, 0.1) is 5.82 Å². The van der Waals surface area contributed by atoms with E-state index in [1.54, 1.807) is 12.0 Å². The van der Waals surface area contributed by atoms with Crippen LogP contribution < -0.4 is 5.32 Å². The van der Waals surface area contributed by atoms with E-state index >= 15 is 0 Å². The van der Waals surface area contributed by atoms with Gasteiger partial charge in [-0.05, 0) is 30.7 Å². The molecule has 1 saturated heterocycles. The van der Waals surface area contributed by atoms with Crippen molar-refractivity contribution in [3.05, 3.63) is 35.6 Å². The second-order valence-electron chi connectivity index (χ2n) is 5.77. The lowest BCUT2D eigenvalue weighted by molar-refractivity contribution is -0.122. The number of carbonyl (C=O) groups is 2. The number of nitrogens with zero attached hydrogens (tertiary/aromatic N) is 2. The topological polar surface area (TPSA) is 61.9 Å². The zero-order valence-corrected chi connectivity index (χ0v) is 14.0. The molecule has 1 aliphatic rings. The van der Waals surface area contributed by atoms with Crippen LogP contribution >= 0.6 is 0 Å². The number of methoxy groups -OCH3 is 1. The highest BCUT2D eigenvalue weighted by Gasteiger charge is 2.23. The molecule has 1 fully saturated rings. The Balaban J connectivity index is 1.72. The van der Waals surface area contributed by atoms with Gasteiger partial charge in [0.25, 0.3) is 5.91 Å². The number of carbonyl (C=O) groups excluding carboxylic acids is 2. The molecule has 0 aliphatic carbocycles. The molecule has 0 spiro atoms. The van der Waals surface area contributed by atoms with E-state index in [0.29, 0.717) is 51.4 Å². The maximum Gasteiger partial charge on any atom is 0.253 e. The minimum atomic E-state index is -0.354. The number of hydrogen-bond donors (Lipinski definition) is 1. The molecule has 0 bridgehead atoms. The van der Waals surface area contributed by atoms with Crippen molar-refractivity contribution in [3.8, 4) is 0 Å². The normalized spacial score (nSPS) is 15.3. The molecule has 0 unspecified atom stereocenters. The number of piperazine rings is 1. The van der Waals surface area contributed by atoms with E-state index in [0.717, 1.165) is 6.42 Å². The zero-order valence-electron chi connectivity index (χ0n) is 14.0. The molecule has 7 heteroatoms. The molecule has 1 N–H and O–H groups in total. The van der Waals surface area contributed by atoms with Gasteiger partial charge in [-0.2, -0.15) is 0 Å². The van der Waals surface area contributed by atoms with E-state index in [9.17, 15) is 14.0 Å². The van der Waals surface area contributed by atoms with Crippen molar-refractivity contribution in [1.82, 2.24) is 15.1 Å². The Kier molecular flexibility index (Phi) is 7.14. The summed E-state index contributed by atoms with van der Waals surface area (Å²) in [6.45, 7) is 4.00. The average molecular weight is 337 g/mol. The molecule has 1 aromatic carbocycles. The highest BCUT2D eigenvalue weighted by molar-refractivity contribution is 5.94. The molecule has 1 aromatic rings. The fourth-order valence-electron chi connectivity index (χ4n) is 2.59. The number of hydrogen-bond acceptors (Lipinski definition) is 4. The lowest BCUT2D eigenvalue weighted by atomic mass is 10.2. The van der Waals surface area contributed by atoms with Crippen molar-refractivity contribution in [1.29, 1.82) is 0 Å². The summed E-state index contributed by atoms with van der Waals surface area (Å²) in [4.78, 5) is 27.9. The van der Waals surface area contributed by atoms with Crippen molar-refractivity contribution in [2.24, 2.45) is 0 Å². The van der Waals surface area contributed by atoms with Crippen molar-refractivity contribution in [3.63, 3.8) is 0 Å². The van der Waals surface area contributed by atoms with Gasteiger partial charge in [0, 0.05) is 52.0 Å². The van der Waals surface area contributed by atoms with Crippen molar-refractivity contribution >= 4 is 11.8 Å². The molecule has 132 valence electrons. The lowest BCUT2D eigenvalue weighted by Crippen LogP contribution is -2.51. The van der Waals surface area contributed by atoms with Crippen molar-refractivity contribution in [2.75, 3.05) is 53.0 Å². The monoisotopic (exact) mass is 337 g/mol. The van der Waals surface area contributed by atoms with E-state index in [2.05, 4.69) is 5.32 Å². The minimum absolute atomic E-state index is 0.00980. The summed E-state index contributed by atoms with van der Waals surface area (Å²) in [5.74, 6) is -0.462. The third-order valence-electron chi connectivity index (χ3n) is 3.97. The van der Waals surface area contributed by atoms with Crippen LogP contribution in [0.5, 0.6) is 0 Å². The van der Waals surface area contributed by atoms with Gasteiger partial charge in [0.05, 0.1) is 6.54 Å². The summed E-state index contributed by atoms with van der Waals surface area (Å²) >= 11 is 0. The van der Waals surface area contributed by atoms with Gasteiger partial charge in [-0.3, -0.25) is 14.5 Å². The highest BCUT2D eigenvalue weighted by Crippen LogP contribution is 2.09. The molecule has 0 aromatic heterocycles. The van der Waals surface area contributed by atoms with Gasteiger partial charge in [0.15, 0.2) is 0 Å². The number of nitrogens with one attached hydrogen (secondary N) is 1. The summed E-state index contributed by atoms with van der Waals surface area (Å²) in [6.07, 6.45) is 0.794. The molecule has 0 atom stereocenters. The maximum atomic E-state index is 12.9. The summed E-state index contributed by atoms with van der Waals surface area (Å²) in [5.41, 5.74) is 0.487. The largest absolute Gasteiger partial charge is 0.385 e. The number of halogens is 1. The smallest absolute Gasteiger partial charge is 0.253 e. The summed E-state index contributed by atoms with van der Waals surface area (Å²) in [7, 11) is 1.63. The molecular weight excluding hydrogens is 313 g/mol. The Morgan fingerprint density at radius 3 is 2.46 bits per heavy atom. The van der Waals surface area contributed by atoms with Crippen LogP contribution in [-0.4, -0.2) is 74.6 Å². The van der Waals surface area contributed by atoms with Gasteiger partial charge in [-0.25, -0.2) is 4.39 Å². The molecule has 0 saturated carbocycles. The van der Waals surface area contributed by atoms with E-state index in [-0.39, 0.29) is 17.6 Å². The van der Waals surface area contributed by atoms with Crippen LogP contribution in [0.2, 0.25) is 0 Å².